The number of hydrogen-bond acceptors (Lipinski definition) is 3. The summed E-state index contributed by atoms with van der Waals surface area (Å²) in [6.07, 6.45) is 3.74. The second-order valence-corrected chi connectivity index (χ2v) is 3.71. The molecule has 0 unspecified atom stereocenters. The van der Waals surface area contributed by atoms with Gasteiger partial charge in [-0.05, 0) is 18.4 Å². The van der Waals surface area contributed by atoms with Crippen molar-refractivity contribution in [3.05, 3.63) is 30.0 Å². The fourth-order valence-electron chi connectivity index (χ4n) is 1.40. The van der Waals surface area contributed by atoms with Gasteiger partial charge in [-0.15, -0.1) is 0 Å². The molecule has 0 fully saturated rings. The largest absolute Gasteiger partial charge is 0.507 e. The number of phenolic OH excluding ortho intramolecular Hbond substituents is 1. The lowest BCUT2D eigenvalue weighted by Crippen LogP contribution is -1.76. The Morgan fingerprint density at radius 2 is 2.31 bits per heavy atom. The van der Waals surface area contributed by atoms with Gasteiger partial charge in [0.05, 0.1) is 11.6 Å². The summed E-state index contributed by atoms with van der Waals surface area (Å²) in [6.45, 7) is 0. The van der Waals surface area contributed by atoms with E-state index in [1.807, 2.05) is 12.3 Å². The van der Waals surface area contributed by atoms with Crippen molar-refractivity contribution in [1.29, 1.82) is 0 Å². The Morgan fingerprint density at radius 3 is 3.08 bits per heavy atom. The fourth-order valence-corrected chi connectivity index (χ4v) is 1.92. The lowest BCUT2D eigenvalue weighted by Gasteiger charge is -1.96. The number of rotatable bonds is 2. The molecule has 2 rings (SSSR count). The van der Waals surface area contributed by atoms with E-state index in [2.05, 4.69) is 0 Å². The van der Waals surface area contributed by atoms with Gasteiger partial charge in [0.2, 0.25) is 0 Å². The summed E-state index contributed by atoms with van der Waals surface area (Å²) in [5, 5.41) is 10.4. The van der Waals surface area contributed by atoms with Crippen molar-refractivity contribution >= 4 is 22.7 Å². The number of fused-ring (bicyclic) bond motifs is 1. The summed E-state index contributed by atoms with van der Waals surface area (Å²) in [4.78, 5) is 0. The second-order valence-electron chi connectivity index (χ2n) is 2.84. The molecule has 1 aromatic heterocycles. The zero-order valence-electron chi connectivity index (χ0n) is 7.28. The monoisotopic (exact) mass is 194 g/mol. The Labute approximate surface area is 80.6 Å². The quantitative estimate of drug-likeness (QED) is 0.797. The molecule has 3 heteroatoms. The molecular weight excluding hydrogens is 184 g/mol. The minimum absolute atomic E-state index is 0.301. The standard InChI is InChI=1S/C10H10O2S/c1-13-6-7-5-12-9-4-2-3-8(11)10(7)9/h2-5,11H,6H2,1H3. The first-order valence-electron chi connectivity index (χ1n) is 4.00. The molecule has 1 aromatic carbocycles. The predicted octanol–water partition coefficient (Wildman–Crippen LogP) is 3.00. The fraction of sp³-hybridized carbons (Fsp3) is 0.200. The van der Waals surface area contributed by atoms with Crippen molar-refractivity contribution in [2.75, 3.05) is 6.26 Å². The van der Waals surface area contributed by atoms with Crippen LogP contribution in [0.15, 0.2) is 28.9 Å². The van der Waals surface area contributed by atoms with E-state index in [1.165, 1.54) is 0 Å². The summed E-state index contributed by atoms with van der Waals surface area (Å²) < 4.78 is 5.31. The van der Waals surface area contributed by atoms with Crippen molar-refractivity contribution in [2.24, 2.45) is 0 Å². The molecule has 0 atom stereocenters. The first kappa shape index (κ1) is 8.51. The molecule has 0 aliphatic heterocycles. The topological polar surface area (TPSA) is 33.4 Å². The third-order valence-corrected chi connectivity index (χ3v) is 2.55. The number of benzene rings is 1. The normalized spacial score (nSPS) is 10.8. The summed E-state index contributed by atoms with van der Waals surface area (Å²) in [5.41, 5.74) is 1.81. The minimum atomic E-state index is 0.301. The average molecular weight is 194 g/mol. The maximum absolute atomic E-state index is 9.60. The van der Waals surface area contributed by atoms with Gasteiger partial charge in [0, 0.05) is 11.3 Å². The van der Waals surface area contributed by atoms with E-state index < -0.39 is 0 Å². The lowest BCUT2D eigenvalue weighted by molar-refractivity contribution is 0.481. The van der Waals surface area contributed by atoms with E-state index in [0.717, 1.165) is 22.3 Å². The van der Waals surface area contributed by atoms with Crippen LogP contribution < -0.4 is 0 Å². The summed E-state index contributed by atoms with van der Waals surface area (Å²) >= 11 is 1.71. The van der Waals surface area contributed by atoms with Gasteiger partial charge in [0.1, 0.15) is 11.3 Å². The van der Waals surface area contributed by atoms with Gasteiger partial charge in [-0.1, -0.05) is 6.07 Å². The van der Waals surface area contributed by atoms with E-state index in [4.69, 9.17) is 4.42 Å². The van der Waals surface area contributed by atoms with Crippen molar-refractivity contribution in [3.8, 4) is 5.75 Å². The molecule has 0 aliphatic rings. The number of hydrogen-bond donors (Lipinski definition) is 1. The highest BCUT2D eigenvalue weighted by Crippen LogP contribution is 2.31. The summed E-state index contributed by atoms with van der Waals surface area (Å²) in [6, 6.07) is 5.32. The third kappa shape index (κ3) is 1.40. The van der Waals surface area contributed by atoms with Crippen LogP contribution in [0.2, 0.25) is 0 Å². The molecule has 0 saturated heterocycles. The summed E-state index contributed by atoms with van der Waals surface area (Å²) in [7, 11) is 0. The van der Waals surface area contributed by atoms with Crippen LogP contribution in [0, 0.1) is 0 Å². The van der Waals surface area contributed by atoms with Crippen molar-refractivity contribution in [1.82, 2.24) is 0 Å². The van der Waals surface area contributed by atoms with E-state index in [0.29, 0.717) is 5.75 Å². The third-order valence-electron chi connectivity index (χ3n) is 1.95. The minimum Gasteiger partial charge on any atom is -0.507 e. The van der Waals surface area contributed by atoms with Crippen LogP contribution >= 0.6 is 11.8 Å². The zero-order chi connectivity index (χ0) is 9.26. The molecule has 0 amide bonds. The molecule has 0 saturated carbocycles. The maximum Gasteiger partial charge on any atom is 0.137 e. The molecule has 2 aromatic rings. The highest BCUT2D eigenvalue weighted by molar-refractivity contribution is 7.97. The lowest BCUT2D eigenvalue weighted by atomic mass is 10.2. The number of phenols is 1. The van der Waals surface area contributed by atoms with Crippen LogP contribution in [0.4, 0.5) is 0 Å². The van der Waals surface area contributed by atoms with Crippen LogP contribution in [0.5, 0.6) is 5.75 Å². The maximum atomic E-state index is 9.60. The van der Waals surface area contributed by atoms with Crippen LogP contribution in [-0.4, -0.2) is 11.4 Å². The van der Waals surface area contributed by atoms with Gasteiger partial charge < -0.3 is 9.52 Å². The molecule has 2 nitrogen and oxygen atoms in total. The Hall–Kier alpha value is -1.09. The molecule has 0 radical (unpaired) electrons. The van der Waals surface area contributed by atoms with Crippen LogP contribution in [0.25, 0.3) is 11.0 Å². The van der Waals surface area contributed by atoms with Crippen molar-refractivity contribution in [3.63, 3.8) is 0 Å². The van der Waals surface area contributed by atoms with E-state index in [9.17, 15) is 5.11 Å². The first-order valence-corrected chi connectivity index (χ1v) is 5.39. The molecule has 0 bridgehead atoms. The van der Waals surface area contributed by atoms with Crippen molar-refractivity contribution in [2.45, 2.75) is 5.75 Å². The van der Waals surface area contributed by atoms with Gasteiger partial charge in [-0.2, -0.15) is 11.8 Å². The van der Waals surface area contributed by atoms with E-state index in [-0.39, 0.29) is 0 Å². The van der Waals surface area contributed by atoms with Crippen LogP contribution in [0.3, 0.4) is 0 Å². The Kier molecular flexibility index (Phi) is 2.19. The van der Waals surface area contributed by atoms with Gasteiger partial charge in [0.15, 0.2) is 0 Å². The number of thioether (sulfide) groups is 1. The number of aromatic hydroxyl groups is 1. The molecule has 0 spiro atoms. The second kappa shape index (κ2) is 3.34. The summed E-state index contributed by atoms with van der Waals surface area (Å²) in [5.74, 6) is 1.17. The van der Waals surface area contributed by atoms with Gasteiger partial charge in [-0.3, -0.25) is 0 Å². The van der Waals surface area contributed by atoms with E-state index in [1.54, 1.807) is 30.2 Å². The molecule has 13 heavy (non-hydrogen) atoms. The SMILES string of the molecule is CSCc1coc2cccc(O)c12. The molecule has 68 valence electrons. The Balaban J connectivity index is 2.64. The average Bonchev–Trinajstić information content (AvgIpc) is 2.51. The van der Waals surface area contributed by atoms with Crippen LogP contribution in [0.1, 0.15) is 5.56 Å². The zero-order valence-corrected chi connectivity index (χ0v) is 8.10. The Morgan fingerprint density at radius 1 is 1.46 bits per heavy atom. The molecule has 1 N–H and O–H groups in total. The molecular formula is C10H10O2S. The molecule has 0 aliphatic carbocycles. The van der Waals surface area contributed by atoms with Gasteiger partial charge in [0.25, 0.3) is 0 Å². The molecule has 1 heterocycles. The van der Waals surface area contributed by atoms with Crippen molar-refractivity contribution < 1.29 is 9.52 Å². The number of furan rings is 1. The smallest absolute Gasteiger partial charge is 0.137 e. The highest BCUT2D eigenvalue weighted by Gasteiger charge is 2.08. The first-order chi connectivity index (χ1) is 6.33. The van der Waals surface area contributed by atoms with Crippen LogP contribution in [-0.2, 0) is 5.75 Å². The highest BCUT2D eigenvalue weighted by atomic mass is 32.2. The Bertz CT molecular complexity index is 420. The van der Waals surface area contributed by atoms with E-state index >= 15 is 0 Å². The van der Waals surface area contributed by atoms with Gasteiger partial charge in [-0.25, -0.2) is 0 Å². The predicted molar refractivity (Wildman–Crippen MR) is 55.1 cm³/mol. The van der Waals surface area contributed by atoms with Gasteiger partial charge >= 0.3 is 0 Å².